The Morgan fingerprint density at radius 3 is 2.95 bits per heavy atom. The van der Waals surface area contributed by atoms with E-state index in [-0.39, 0.29) is 0 Å². The fourth-order valence-electron chi connectivity index (χ4n) is 2.77. The second-order valence-electron chi connectivity index (χ2n) is 5.11. The third-order valence-corrected chi connectivity index (χ3v) is 3.83. The van der Waals surface area contributed by atoms with E-state index >= 15 is 0 Å². The maximum atomic E-state index is 4.45. The lowest BCUT2D eigenvalue weighted by Crippen LogP contribution is -2.09. The Balaban J connectivity index is 1.70. The molecule has 0 atom stereocenters. The van der Waals surface area contributed by atoms with Crippen LogP contribution in [-0.2, 0) is 0 Å². The van der Waals surface area contributed by atoms with Gasteiger partial charge in [-0.1, -0.05) is 25.7 Å². The predicted octanol–water partition coefficient (Wildman–Crippen LogP) is 2.39. The highest BCUT2D eigenvalue weighted by atomic mass is 15.2. The molecule has 1 saturated carbocycles. The van der Waals surface area contributed by atoms with Crippen LogP contribution in [0.5, 0.6) is 0 Å². The Morgan fingerprint density at radius 1 is 1.32 bits per heavy atom. The van der Waals surface area contributed by atoms with Gasteiger partial charge in [-0.2, -0.15) is 9.97 Å². The summed E-state index contributed by atoms with van der Waals surface area (Å²) in [6.07, 6.45) is 8.43. The maximum Gasteiger partial charge on any atom is 0.226 e. The number of nitrogens with one attached hydrogen (secondary N) is 3. The first-order chi connectivity index (χ1) is 9.36. The standard InChI is InChI=1S/C13H20N6/c1-14-13-18-11(10-12(19-13)17-8-16-10)15-7-6-9-4-2-3-5-9/h8-9H,2-7H2,1H3,(H3,14,15,16,17,18,19). The molecule has 2 heterocycles. The van der Waals surface area contributed by atoms with Crippen LogP contribution in [0, 0.1) is 5.92 Å². The highest BCUT2D eigenvalue weighted by Crippen LogP contribution is 2.27. The van der Waals surface area contributed by atoms with Gasteiger partial charge in [-0.05, 0) is 12.3 Å². The van der Waals surface area contributed by atoms with E-state index in [4.69, 9.17) is 0 Å². The van der Waals surface area contributed by atoms with Gasteiger partial charge in [0.15, 0.2) is 11.5 Å². The van der Waals surface area contributed by atoms with Gasteiger partial charge in [0, 0.05) is 13.6 Å². The molecule has 6 nitrogen and oxygen atoms in total. The topological polar surface area (TPSA) is 78.5 Å². The van der Waals surface area contributed by atoms with Crippen LogP contribution >= 0.6 is 0 Å². The summed E-state index contributed by atoms with van der Waals surface area (Å²) in [7, 11) is 1.82. The van der Waals surface area contributed by atoms with Gasteiger partial charge >= 0.3 is 0 Å². The molecule has 0 aliphatic heterocycles. The van der Waals surface area contributed by atoms with Crippen molar-refractivity contribution in [3.05, 3.63) is 6.33 Å². The number of rotatable bonds is 5. The number of hydrogen-bond donors (Lipinski definition) is 3. The van der Waals surface area contributed by atoms with Gasteiger partial charge in [-0.3, -0.25) is 0 Å². The minimum atomic E-state index is 0.600. The van der Waals surface area contributed by atoms with Crippen molar-refractivity contribution in [1.29, 1.82) is 0 Å². The fraction of sp³-hybridized carbons (Fsp3) is 0.615. The van der Waals surface area contributed by atoms with E-state index in [2.05, 4.69) is 30.6 Å². The molecule has 3 N–H and O–H groups in total. The van der Waals surface area contributed by atoms with Crippen molar-refractivity contribution in [2.75, 3.05) is 24.2 Å². The van der Waals surface area contributed by atoms with Crippen LogP contribution in [0.4, 0.5) is 11.8 Å². The molecule has 19 heavy (non-hydrogen) atoms. The second-order valence-corrected chi connectivity index (χ2v) is 5.11. The summed E-state index contributed by atoms with van der Waals surface area (Å²) in [6, 6.07) is 0. The van der Waals surface area contributed by atoms with Crippen molar-refractivity contribution < 1.29 is 0 Å². The van der Waals surface area contributed by atoms with E-state index < -0.39 is 0 Å². The monoisotopic (exact) mass is 260 g/mol. The van der Waals surface area contributed by atoms with Crippen molar-refractivity contribution in [2.24, 2.45) is 5.92 Å². The largest absolute Gasteiger partial charge is 0.368 e. The summed E-state index contributed by atoms with van der Waals surface area (Å²) in [5, 5.41) is 6.38. The molecule has 0 radical (unpaired) electrons. The molecule has 0 saturated heterocycles. The number of fused-ring (bicyclic) bond motifs is 1. The summed E-state index contributed by atoms with van der Waals surface area (Å²) in [5.41, 5.74) is 1.58. The molecule has 0 amide bonds. The summed E-state index contributed by atoms with van der Waals surface area (Å²) < 4.78 is 0. The van der Waals surface area contributed by atoms with E-state index in [1.165, 1.54) is 32.1 Å². The van der Waals surface area contributed by atoms with Gasteiger partial charge < -0.3 is 15.6 Å². The molecule has 1 fully saturated rings. The molecular formula is C13H20N6. The van der Waals surface area contributed by atoms with Gasteiger partial charge in [0.25, 0.3) is 0 Å². The van der Waals surface area contributed by atoms with Crippen molar-refractivity contribution >= 4 is 22.9 Å². The van der Waals surface area contributed by atoms with Gasteiger partial charge in [-0.25, -0.2) is 4.98 Å². The quantitative estimate of drug-likeness (QED) is 0.769. The highest BCUT2D eigenvalue weighted by Gasteiger charge is 2.15. The molecule has 102 valence electrons. The fourth-order valence-corrected chi connectivity index (χ4v) is 2.77. The first-order valence-corrected chi connectivity index (χ1v) is 6.99. The number of imidazole rings is 1. The molecule has 3 rings (SSSR count). The average Bonchev–Trinajstić information content (AvgIpc) is 3.08. The Morgan fingerprint density at radius 2 is 2.16 bits per heavy atom. The average molecular weight is 260 g/mol. The van der Waals surface area contributed by atoms with E-state index in [9.17, 15) is 0 Å². The van der Waals surface area contributed by atoms with Crippen molar-refractivity contribution in [3.63, 3.8) is 0 Å². The van der Waals surface area contributed by atoms with Gasteiger partial charge in [0.1, 0.15) is 5.52 Å². The van der Waals surface area contributed by atoms with Crippen LogP contribution in [-0.4, -0.2) is 33.5 Å². The first kappa shape index (κ1) is 12.2. The van der Waals surface area contributed by atoms with Crippen LogP contribution in [0.1, 0.15) is 32.1 Å². The third kappa shape index (κ3) is 2.62. The summed E-state index contributed by atoms with van der Waals surface area (Å²) in [5.74, 6) is 2.32. The highest BCUT2D eigenvalue weighted by molar-refractivity contribution is 5.83. The zero-order valence-corrected chi connectivity index (χ0v) is 11.2. The molecule has 0 aromatic carbocycles. The Hall–Kier alpha value is -1.85. The van der Waals surface area contributed by atoms with Crippen molar-refractivity contribution in [1.82, 2.24) is 19.9 Å². The smallest absolute Gasteiger partial charge is 0.226 e. The summed E-state index contributed by atoms with van der Waals surface area (Å²) >= 11 is 0. The lowest BCUT2D eigenvalue weighted by molar-refractivity contribution is 0.518. The van der Waals surface area contributed by atoms with Gasteiger partial charge in [-0.15, -0.1) is 0 Å². The van der Waals surface area contributed by atoms with Gasteiger partial charge in [0.05, 0.1) is 6.33 Å². The number of aromatic amines is 1. The lowest BCUT2D eigenvalue weighted by atomic mass is 10.0. The van der Waals surface area contributed by atoms with E-state index in [0.717, 1.165) is 23.8 Å². The molecule has 1 aliphatic rings. The van der Waals surface area contributed by atoms with Crippen LogP contribution in [0.2, 0.25) is 0 Å². The number of H-pyrrole nitrogens is 1. The maximum absolute atomic E-state index is 4.45. The normalized spacial score (nSPS) is 16.1. The van der Waals surface area contributed by atoms with Crippen molar-refractivity contribution in [3.8, 4) is 0 Å². The Labute approximate surface area is 112 Å². The molecule has 0 unspecified atom stereocenters. The second kappa shape index (κ2) is 5.42. The zero-order valence-electron chi connectivity index (χ0n) is 11.2. The number of hydrogen-bond acceptors (Lipinski definition) is 5. The molecule has 0 bridgehead atoms. The van der Waals surface area contributed by atoms with E-state index in [1.54, 1.807) is 6.33 Å². The van der Waals surface area contributed by atoms with Crippen LogP contribution in [0.3, 0.4) is 0 Å². The minimum Gasteiger partial charge on any atom is -0.368 e. The van der Waals surface area contributed by atoms with Gasteiger partial charge in [0.2, 0.25) is 5.95 Å². The number of anilines is 2. The SMILES string of the molecule is CNc1nc(NCCC2CCCC2)c2[nH]cnc2n1. The molecular weight excluding hydrogens is 240 g/mol. The zero-order chi connectivity index (χ0) is 13.1. The van der Waals surface area contributed by atoms with Crippen LogP contribution in [0.15, 0.2) is 6.33 Å². The molecule has 2 aromatic rings. The van der Waals surface area contributed by atoms with E-state index in [1.807, 2.05) is 7.05 Å². The van der Waals surface area contributed by atoms with Crippen LogP contribution in [0.25, 0.3) is 11.2 Å². The van der Waals surface area contributed by atoms with Crippen LogP contribution < -0.4 is 10.6 Å². The molecule has 1 aliphatic carbocycles. The van der Waals surface area contributed by atoms with E-state index in [0.29, 0.717) is 11.6 Å². The predicted molar refractivity (Wildman–Crippen MR) is 76.3 cm³/mol. The first-order valence-electron chi connectivity index (χ1n) is 6.99. The number of aromatic nitrogens is 4. The van der Waals surface area contributed by atoms with Crippen molar-refractivity contribution in [2.45, 2.75) is 32.1 Å². The summed E-state index contributed by atoms with van der Waals surface area (Å²) in [6.45, 7) is 0.957. The molecule has 6 heteroatoms. The number of nitrogens with zero attached hydrogens (tertiary/aromatic N) is 3. The minimum absolute atomic E-state index is 0.600. The summed E-state index contributed by atoms with van der Waals surface area (Å²) in [4.78, 5) is 16.0. The Kier molecular flexibility index (Phi) is 3.48. The molecule has 0 spiro atoms. The Bertz CT molecular complexity index is 543. The molecule has 2 aromatic heterocycles. The lowest BCUT2D eigenvalue weighted by Gasteiger charge is -2.11. The third-order valence-electron chi connectivity index (χ3n) is 3.83.